The average molecular weight is 277 g/mol. The molecule has 1 heterocycles. The van der Waals surface area contributed by atoms with Gasteiger partial charge in [-0.1, -0.05) is 12.5 Å². The van der Waals surface area contributed by atoms with Crippen molar-refractivity contribution < 1.29 is 24.2 Å². The van der Waals surface area contributed by atoms with Crippen LogP contribution < -0.4 is 14.8 Å². The average Bonchev–Trinajstić information content (AvgIpc) is 2.81. The first-order valence-electron chi connectivity index (χ1n) is 6.52. The molecule has 0 aromatic heterocycles. The van der Waals surface area contributed by atoms with E-state index >= 15 is 0 Å². The fraction of sp³-hybridized carbons (Fsp3) is 0.429. The highest BCUT2D eigenvalue weighted by molar-refractivity contribution is 6.02. The van der Waals surface area contributed by atoms with Crippen molar-refractivity contribution in [2.75, 3.05) is 6.79 Å². The summed E-state index contributed by atoms with van der Waals surface area (Å²) in [6.07, 6.45) is 1.61. The fourth-order valence-corrected chi connectivity index (χ4v) is 2.47. The molecule has 1 fully saturated rings. The molecule has 0 spiro atoms. The van der Waals surface area contributed by atoms with E-state index in [0.717, 1.165) is 12.0 Å². The Hall–Kier alpha value is -2.24. The lowest BCUT2D eigenvalue weighted by Gasteiger charge is -2.35. The fourth-order valence-electron chi connectivity index (χ4n) is 2.47. The van der Waals surface area contributed by atoms with E-state index < -0.39 is 17.3 Å². The number of benzene rings is 1. The summed E-state index contributed by atoms with van der Waals surface area (Å²) < 4.78 is 10.5. The lowest BCUT2D eigenvalue weighted by atomic mass is 9.68. The van der Waals surface area contributed by atoms with Crippen LogP contribution >= 0.6 is 0 Å². The predicted octanol–water partition coefficient (Wildman–Crippen LogP) is 1.29. The van der Waals surface area contributed by atoms with Gasteiger partial charge in [0.1, 0.15) is 5.41 Å². The van der Waals surface area contributed by atoms with Crippen LogP contribution in [-0.2, 0) is 16.1 Å². The molecule has 1 aromatic rings. The van der Waals surface area contributed by atoms with E-state index in [-0.39, 0.29) is 13.3 Å². The molecule has 1 saturated carbocycles. The van der Waals surface area contributed by atoms with Gasteiger partial charge in [-0.15, -0.1) is 0 Å². The SMILES string of the molecule is O=C(O)C1(C(=O)NCc2ccc3c(c2)OCO3)CCC1. The second-order valence-electron chi connectivity index (χ2n) is 5.11. The molecule has 0 bridgehead atoms. The molecule has 6 nitrogen and oxygen atoms in total. The smallest absolute Gasteiger partial charge is 0.319 e. The Bertz CT molecular complexity index is 565. The van der Waals surface area contributed by atoms with Gasteiger partial charge in [-0.25, -0.2) is 0 Å². The van der Waals surface area contributed by atoms with Crippen LogP contribution in [0.25, 0.3) is 0 Å². The van der Waals surface area contributed by atoms with Crippen LogP contribution in [-0.4, -0.2) is 23.8 Å². The minimum absolute atomic E-state index is 0.202. The van der Waals surface area contributed by atoms with Crippen LogP contribution in [0.2, 0.25) is 0 Å². The number of carboxylic acids is 1. The van der Waals surface area contributed by atoms with E-state index in [9.17, 15) is 14.7 Å². The Kier molecular flexibility index (Phi) is 3.00. The lowest BCUT2D eigenvalue weighted by Crippen LogP contribution is -2.50. The van der Waals surface area contributed by atoms with Gasteiger partial charge < -0.3 is 19.9 Å². The quantitative estimate of drug-likeness (QED) is 0.810. The molecule has 3 rings (SSSR count). The van der Waals surface area contributed by atoms with Gasteiger partial charge in [-0.2, -0.15) is 0 Å². The van der Waals surface area contributed by atoms with Gasteiger partial charge in [-0.05, 0) is 30.5 Å². The van der Waals surface area contributed by atoms with Crippen LogP contribution in [0.3, 0.4) is 0 Å². The maximum atomic E-state index is 12.0. The van der Waals surface area contributed by atoms with Crippen LogP contribution in [0.1, 0.15) is 24.8 Å². The number of ether oxygens (including phenoxy) is 2. The number of carbonyl (C=O) groups is 2. The molecule has 2 N–H and O–H groups in total. The Labute approximate surface area is 115 Å². The van der Waals surface area contributed by atoms with E-state index in [2.05, 4.69) is 5.32 Å². The molecule has 0 atom stereocenters. The first-order chi connectivity index (χ1) is 9.62. The van der Waals surface area contributed by atoms with Crippen molar-refractivity contribution >= 4 is 11.9 Å². The summed E-state index contributed by atoms with van der Waals surface area (Å²) in [6.45, 7) is 0.484. The molecule has 1 aliphatic carbocycles. The molecule has 0 saturated heterocycles. The third-order valence-corrected chi connectivity index (χ3v) is 3.94. The number of rotatable bonds is 4. The second-order valence-corrected chi connectivity index (χ2v) is 5.11. The zero-order chi connectivity index (χ0) is 14.2. The lowest BCUT2D eigenvalue weighted by molar-refractivity contribution is -0.162. The van der Waals surface area contributed by atoms with Crippen molar-refractivity contribution in [3.8, 4) is 11.5 Å². The largest absolute Gasteiger partial charge is 0.480 e. The minimum atomic E-state index is -1.23. The number of fused-ring (bicyclic) bond motifs is 1. The van der Waals surface area contributed by atoms with Gasteiger partial charge >= 0.3 is 5.97 Å². The Morgan fingerprint density at radius 1 is 1.25 bits per heavy atom. The third-order valence-electron chi connectivity index (χ3n) is 3.94. The van der Waals surface area contributed by atoms with Crippen molar-refractivity contribution in [3.63, 3.8) is 0 Å². The molecule has 0 unspecified atom stereocenters. The van der Waals surface area contributed by atoms with E-state index in [1.807, 2.05) is 6.07 Å². The molecule has 106 valence electrons. The monoisotopic (exact) mass is 277 g/mol. The molecule has 6 heteroatoms. The highest BCUT2D eigenvalue weighted by Gasteiger charge is 2.50. The summed E-state index contributed by atoms with van der Waals surface area (Å²) in [7, 11) is 0. The maximum absolute atomic E-state index is 12.0. The zero-order valence-electron chi connectivity index (χ0n) is 10.8. The van der Waals surface area contributed by atoms with Crippen molar-refractivity contribution in [1.29, 1.82) is 0 Å². The summed E-state index contributed by atoms with van der Waals surface area (Å²) in [5, 5.41) is 11.9. The maximum Gasteiger partial charge on any atom is 0.319 e. The summed E-state index contributed by atoms with van der Waals surface area (Å²) in [5.74, 6) is -0.115. The number of carboxylic acid groups (broad SMARTS) is 1. The van der Waals surface area contributed by atoms with Crippen molar-refractivity contribution in [1.82, 2.24) is 5.32 Å². The molecule has 1 aromatic carbocycles. The van der Waals surface area contributed by atoms with Crippen LogP contribution in [0.5, 0.6) is 11.5 Å². The molecule has 1 amide bonds. The first-order valence-corrected chi connectivity index (χ1v) is 6.52. The number of carbonyl (C=O) groups excluding carboxylic acids is 1. The van der Waals surface area contributed by atoms with Crippen LogP contribution in [0.15, 0.2) is 18.2 Å². The number of amides is 1. The van der Waals surface area contributed by atoms with Crippen LogP contribution in [0, 0.1) is 5.41 Å². The van der Waals surface area contributed by atoms with Gasteiger partial charge in [0.05, 0.1) is 0 Å². The molecule has 2 aliphatic rings. The van der Waals surface area contributed by atoms with E-state index in [4.69, 9.17) is 9.47 Å². The summed E-state index contributed by atoms with van der Waals surface area (Å²) in [4.78, 5) is 23.3. The van der Waals surface area contributed by atoms with Gasteiger partial charge in [0.2, 0.25) is 12.7 Å². The van der Waals surface area contributed by atoms with Crippen LogP contribution in [0.4, 0.5) is 0 Å². The Morgan fingerprint density at radius 3 is 2.65 bits per heavy atom. The van der Waals surface area contributed by atoms with Gasteiger partial charge in [-0.3, -0.25) is 9.59 Å². The number of hydrogen-bond donors (Lipinski definition) is 2. The number of hydrogen-bond acceptors (Lipinski definition) is 4. The zero-order valence-corrected chi connectivity index (χ0v) is 10.8. The van der Waals surface area contributed by atoms with Gasteiger partial charge in [0.25, 0.3) is 0 Å². The third kappa shape index (κ3) is 1.97. The van der Waals surface area contributed by atoms with E-state index in [1.54, 1.807) is 12.1 Å². The molecular formula is C14H15NO5. The standard InChI is InChI=1S/C14H15NO5/c16-12(14(13(17)18)4-1-5-14)15-7-9-2-3-10-11(6-9)20-8-19-10/h2-3,6H,1,4-5,7-8H2,(H,15,16)(H,17,18). The summed E-state index contributed by atoms with van der Waals surface area (Å²) in [5.41, 5.74) is -0.376. The topological polar surface area (TPSA) is 84.9 Å². The van der Waals surface area contributed by atoms with E-state index in [0.29, 0.717) is 24.3 Å². The summed E-state index contributed by atoms with van der Waals surface area (Å²) >= 11 is 0. The highest BCUT2D eigenvalue weighted by atomic mass is 16.7. The van der Waals surface area contributed by atoms with E-state index in [1.165, 1.54) is 0 Å². The molecular weight excluding hydrogens is 262 g/mol. The minimum Gasteiger partial charge on any atom is -0.480 e. The van der Waals surface area contributed by atoms with Crippen molar-refractivity contribution in [2.45, 2.75) is 25.8 Å². The predicted molar refractivity (Wildman–Crippen MR) is 68.3 cm³/mol. The molecule has 0 radical (unpaired) electrons. The Balaban J connectivity index is 1.65. The number of nitrogens with one attached hydrogen (secondary N) is 1. The molecule has 20 heavy (non-hydrogen) atoms. The van der Waals surface area contributed by atoms with Crippen molar-refractivity contribution in [3.05, 3.63) is 23.8 Å². The Morgan fingerprint density at radius 2 is 2.00 bits per heavy atom. The second kappa shape index (κ2) is 4.70. The summed E-state index contributed by atoms with van der Waals surface area (Å²) in [6, 6.07) is 5.39. The number of aliphatic carboxylic acids is 1. The highest BCUT2D eigenvalue weighted by Crippen LogP contribution is 2.41. The van der Waals surface area contributed by atoms with Gasteiger partial charge in [0, 0.05) is 6.54 Å². The normalized spacial score (nSPS) is 18.2. The first kappa shape index (κ1) is 12.8. The van der Waals surface area contributed by atoms with Gasteiger partial charge in [0.15, 0.2) is 11.5 Å². The van der Waals surface area contributed by atoms with Crippen molar-refractivity contribution in [2.24, 2.45) is 5.41 Å². The molecule has 1 aliphatic heterocycles.